The molecule has 0 aliphatic carbocycles. The summed E-state index contributed by atoms with van der Waals surface area (Å²) in [6.45, 7) is 9.04. The lowest BCUT2D eigenvalue weighted by Gasteiger charge is -2.19. The van der Waals surface area contributed by atoms with Crippen LogP contribution in [-0.4, -0.2) is 16.8 Å². The van der Waals surface area contributed by atoms with Gasteiger partial charge in [0.2, 0.25) is 0 Å². The first kappa shape index (κ1) is 10.2. The summed E-state index contributed by atoms with van der Waals surface area (Å²) in [6.07, 6.45) is 0. The minimum Gasteiger partial charge on any atom is -0.332 e. The van der Waals surface area contributed by atoms with E-state index in [0.29, 0.717) is 0 Å². The highest BCUT2D eigenvalue weighted by Crippen LogP contribution is 2.27. The third-order valence-corrected chi connectivity index (χ3v) is 3.17. The van der Waals surface area contributed by atoms with Crippen LogP contribution < -0.4 is 0 Å². The second-order valence-corrected chi connectivity index (χ2v) is 4.62. The predicted octanol–water partition coefficient (Wildman–Crippen LogP) is 2.67. The van der Waals surface area contributed by atoms with Gasteiger partial charge in [0.1, 0.15) is 0 Å². The standard InChI is InChI=1S/C13H17NO/c1-8(2)14-7-11-5-9(3)10(4)6-12(11)13(14)15/h5-6,8H,7H2,1-4H3. The van der Waals surface area contributed by atoms with Crippen LogP contribution in [0.15, 0.2) is 12.1 Å². The van der Waals surface area contributed by atoms with E-state index in [1.165, 1.54) is 16.7 Å². The van der Waals surface area contributed by atoms with Crippen LogP contribution >= 0.6 is 0 Å². The normalized spacial score (nSPS) is 15.0. The van der Waals surface area contributed by atoms with Crippen molar-refractivity contribution in [2.45, 2.75) is 40.3 Å². The molecular weight excluding hydrogens is 186 g/mol. The fraction of sp³-hybridized carbons (Fsp3) is 0.462. The van der Waals surface area contributed by atoms with Gasteiger partial charge in [-0.3, -0.25) is 4.79 Å². The summed E-state index contributed by atoms with van der Waals surface area (Å²) in [7, 11) is 0. The molecule has 1 heterocycles. The van der Waals surface area contributed by atoms with E-state index < -0.39 is 0 Å². The number of carbonyl (C=O) groups excluding carboxylic acids is 1. The summed E-state index contributed by atoms with van der Waals surface area (Å²) in [5.41, 5.74) is 4.54. The maximum absolute atomic E-state index is 12.0. The first-order valence-electron chi connectivity index (χ1n) is 5.42. The maximum atomic E-state index is 12.0. The van der Waals surface area contributed by atoms with Crippen molar-refractivity contribution in [1.82, 2.24) is 4.90 Å². The Morgan fingerprint density at radius 1 is 1.20 bits per heavy atom. The van der Waals surface area contributed by atoms with Gasteiger partial charge < -0.3 is 4.90 Å². The van der Waals surface area contributed by atoms with Gasteiger partial charge in [-0.25, -0.2) is 0 Å². The third kappa shape index (κ3) is 1.54. The van der Waals surface area contributed by atoms with E-state index in [4.69, 9.17) is 0 Å². The van der Waals surface area contributed by atoms with E-state index in [2.05, 4.69) is 33.8 Å². The molecule has 0 saturated heterocycles. The van der Waals surface area contributed by atoms with Crippen molar-refractivity contribution < 1.29 is 4.79 Å². The maximum Gasteiger partial charge on any atom is 0.254 e. The lowest BCUT2D eigenvalue weighted by molar-refractivity contribution is 0.0730. The predicted molar refractivity (Wildman–Crippen MR) is 60.9 cm³/mol. The summed E-state index contributed by atoms with van der Waals surface area (Å²) in [5.74, 6) is 0.183. The minimum absolute atomic E-state index is 0.183. The molecule has 80 valence electrons. The first-order chi connectivity index (χ1) is 7.00. The Labute approximate surface area is 90.9 Å². The zero-order chi connectivity index (χ0) is 11.2. The molecule has 0 spiro atoms. The van der Waals surface area contributed by atoms with Crippen LogP contribution in [-0.2, 0) is 6.54 Å². The van der Waals surface area contributed by atoms with Gasteiger partial charge in [0.25, 0.3) is 5.91 Å². The van der Waals surface area contributed by atoms with Crippen molar-refractivity contribution in [3.8, 4) is 0 Å². The number of rotatable bonds is 1. The van der Waals surface area contributed by atoms with Crippen LogP contribution in [0.2, 0.25) is 0 Å². The van der Waals surface area contributed by atoms with E-state index in [1.54, 1.807) is 0 Å². The molecule has 0 radical (unpaired) electrons. The second-order valence-electron chi connectivity index (χ2n) is 4.62. The molecule has 2 heteroatoms. The molecule has 2 rings (SSSR count). The van der Waals surface area contributed by atoms with Crippen molar-refractivity contribution in [2.75, 3.05) is 0 Å². The highest BCUT2D eigenvalue weighted by Gasteiger charge is 2.29. The molecule has 1 aliphatic heterocycles. The Morgan fingerprint density at radius 2 is 1.80 bits per heavy atom. The topological polar surface area (TPSA) is 20.3 Å². The number of benzene rings is 1. The lowest BCUT2D eigenvalue weighted by Crippen LogP contribution is -2.30. The van der Waals surface area contributed by atoms with Crippen LogP contribution in [0.4, 0.5) is 0 Å². The molecule has 1 aromatic rings. The van der Waals surface area contributed by atoms with Gasteiger partial charge in [-0.2, -0.15) is 0 Å². The fourth-order valence-corrected chi connectivity index (χ4v) is 2.03. The fourth-order valence-electron chi connectivity index (χ4n) is 2.03. The SMILES string of the molecule is Cc1cc2c(cc1C)C(=O)N(C(C)C)C2. The third-order valence-electron chi connectivity index (χ3n) is 3.17. The number of aryl methyl sites for hydroxylation is 2. The Balaban J connectivity index is 2.46. The molecule has 0 atom stereocenters. The van der Waals surface area contributed by atoms with Crippen molar-refractivity contribution >= 4 is 5.91 Å². The average Bonchev–Trinajstić information content (AvgIpc) is 2.46. The molecule has 1 amide bonds. The smallest absolute Gasteiger partial charge is 0.254 e. The van der Waals surface area contributed by atoms with Crippen LogP contribution in [0.1, 0.15) is 40.9 Å². The van der Waals surface area contributed by atoms with E-state index >= 15 is 0 Å². The number of fused-ring (bicyclic) bond motifs is 1. The Bertz CT molecular complexity index is 421. The summed E-state index contributed by atoms with van der Waals surface area (Å²) in [5, 5.41) is 0. The van der Waals surface area contributed by atoms with Crippen molar-refractivity contribution in [3.05, 3.63) is 34.4 Å². The zero-order valence-electron chi connectivity index (χ0n) is 9.79. The van der Waals surface area contributed by atoms with E-state index in [0.717, 1.165) is 12.1 Å². The zero-order valence-corrected chi connectivity index (χ0v) is 9.79. The molecular formula is C13H17NO. The Kier molecular flexibility index (Phi) is 2.29. The molecule has 1 aliphatic rings. The molecule has 0 bridgehead atoms. The van der Waals surface area contributed by atoms with Crippen molar-refractivity contribution in [1.29, 1.82) is 0 Å². The Hall–Kier alpha value is -1.31. The van der Waals surface area contributed by atoms with E-state index in [9.17, 15) is 4.79 Å². The van der Waals surface area contributed by atoms with E-state index in [-0.39, 0.29) is 11.9 Å². The quantitative estimate of drug-likeness (QED) is 0.687. The van der Waals surface area contributed by atoms with Gasteiger partial charge in [-0.05, 0) is 50.5 Å². The summed E-state index contributed by atoms with van der Waals surface area (Å²) in [6, 6.07) is 4.45. The average molecular weight is 203 g/mol. The molecule has 0 saturated carbocycles. The number of nitrogens with zero attached hydrogens (tertiary/aromatic N) is 1. The number of amides is 1. The molecule has 2 nitrogen and oxygen atoms in total. The monoisotopic (exact) mass is 203 g/mol. The van der Waals surface area contributed by atoms with Gasteiger partial charge in [0.15, 0.2) is 0 Å². The number of carbonyl (C=O) groups is 1. The van der Waals surface area contributed by atoms with Crippen LogP contribution in [0.25, 0.3) is 0 Å². The number of hydrogen-bond donors (Lipinski definition) is 0. The van der Waals surface area contributed by atoms with Crippen molar-refractivity contribution in [2.24, 2.45) is 0 Å². The highest BCUT2D eigenvalue weighted by molar-refractivity contribution is 5.98. The Morgan fingerprint density at radius 3 is 2.40 bits per heavy atom. The summed E-state index contributed by atoms with van der Waals surface area (Å²) in [4.78, 5) is 13.9. The highest BCUT2D eigenvalue weighted by atomic mass is 16.2. The van der Waals surface area contributed by atoms with Gasteiger partial charge in [-0.1, -0.05) is 6.07 Å². The van der Waals surface area contributed by atoms with Crippen molar-refractivity contribution in [3.63, 3.8) is 0 Å². The van der Waals surface area contributed by atoms with E-state index in [1.807, 2.05) is 11.0 Å². The largest absolute Gasteiger partial charge is 0.332 e. The van der Waals surface area contributed by atoms with Gasteiger partial charge in [0.05, 0.1) is 0 Å². The second kappa shape index (κ2) is 3.37. The van der Waals surface area contributed by atoms with Crippen LogP contribution in [0, 0.1) is 13.8 Å². The first-order valence-corrected chi connectivity index (χ1v) is 5.42. The molecule has 0 fully saturated rings. The molecule has 0 unspecified atom stereocenters. The van der Waals surface area contributed by atoms with Crippen LogP contribution in [0.5, 0.6) is 0 Å². The van der Waals surface area contributed by atoms with Crippen LogP contribution in [0.3, 0.4) is 0 Å². The van der Waals surface area contributed by atoms with Gasteiger partial charge >= 0.3 is 0 Å². The molecule has 0 N–H and O–H groups in total. The molecule has 0 aromatic heterocycles. The summed E-state index contributed by atoms with van der Waals surface area (Å²) < 4.78 is 0. The minimum atomic E-state index is 0.183. The number of hydrogen-bond acceptors (Lipinski definition) is 1. The van der Waals surface area contributed by atoms with Gasteiger partial charge in [-0.15, -0.1) is 0 Å². The molecule has 15 heavy (non-hydrogen) atoms. The molecule has 1 aromatic carbocycles. The van der Waals surface area contributed by atoms with Gasteiger partial charge in [0, 0.05) is 18.2 Å². The summed E-state index contributed by atoms with van der Waals surface area (Å²) >= 11 is 0. The lowest BCUT2D eigenvalue weighted by atomic mass is 10.0.